The monoisotopic (exact) mass is 290 g/mol. The maximum atomic E-state index is 12.1. The van der Waals surface area contributed by atoms with Gasteiger partial charge in [0.1, 0.15) is 5.75 Å². The molecule has 0 spiro atoms. The third-order valence-electron chi connectivity index (χ3n) is 2.58. The largest absolute Gasteiger partial charge is 0.494 e. The minimum Gasteiger partial charge on any atom is -0.494 e. The standard InChI is InChI=1S/C15H15ClN2O2/c1-2-8-20-12-5-3-4-11(9-12)18-15(19)13-10-17-7-6-14(13)16/h3-7,9-10H,2,8H2,1H3,(H,18,19). The van der Waals surface area contributed by atoms with Crippen LogP contribution in [0.5, 0.6) is 5.75 Å². The average Bonchev–Trinajstić information content (AvgIpc) is 2.46. The summed E-state index contributed by atoms with van der Waals surface area (Å²) < 4.78 is 5.52. The number of carbonyl (C=O) groups excluding carboxylic acids is 1. The number of hydrogen-bond acceptors (Lipinski definition) is 3. The Morgan fingerprint density at radius 1 is 1.40 bits per heavy atom. The van der Waals surface area contributed by atoms with Crippen LogP contribution in [0.25, 0.3) is 0 Å². The molecule has 5 heteroatoms. The van der Waals surface area contributed by atoms with Crippen LogP contribution >= 0.6 is 11.6 Å². The fourth-order valence-electron chi connectivity index (χ4n) is 1.63. The molecule has 0 aliphatic carbocycles. The van der Waals surface area contributed by atoms with Crippen LogP contribution in [0.15, 0.2) is 42.7 Å². The van der Waals surface area contributed by atoms with Crippen molar-refractivity contribution >= 4 is 23.2 Å². The van der Waals surface area contributed by atoms with E-state index in [1.54, 1.807) is 24.4 Å². The van der Waals surface area contributed by atoms with Gasteiger partial charge in [-0.1, -0.05) is 24.6 Å². The molecule has 2 rings (SSSR count). The minimum absolute atomic E-state index is 0.296. The lowest BCUT2D eigenvalue weighted by atomic mass is 10.2. The molecule has 1 aromatic carbocycles. The Bertz CT molecular complexity index is 602. The van der Waals surface area contributed by atoms with Crippen LogP contribution in [-0.2, 0) is 0 Å². The Kier molecular flexibility index (Phi) is 4.96. The number of aromatic nitrogens is 1. The smallest absolute Gasteiger partial charge is 0.258 e. The quantitative estimate of drug-likeness (QED) is 0.912. The number of hydrogen-bond donors (Lipinski definition) is 1. The predicted molar refractivity (Wildman–Crippen MR) is 79.4 cm³/mol. The van der Waals surface area contributed by atoms with Crippen LogP contribution in [0, 0.1) is 0 Å². The molecule has 0 radical (unpaired) electrons. The van der Waals surface area contributed by atoms with Crippen LogP contribution in [0.1, 0.15) is 23.7 Å². The summed E-state index contributed by atoms with van der Waals surface area (Å²) in [5.74, 6) is 0.428. The molecule has 4 nitrogen and oxygen atoms in total. The summed E-state index contributed by atoms with van der Waals surface area (Å²) in [5, 5.41) is 3.14. The molecule has 20 heavy (non-hydrogen) atoms. The molecule has 0 aliphatic heterocycles. The van der Waals surface area contributed by atoms with Crippen molar-refractivity contribution in [3.05, 3.63) is 53.3 Å². The Hall–Kier alpha value is -2.07. The molecule has 0 bridgehead atoms. The average molecular weight is 291 g/mol. The van der Waals surface area contributed by atoms with Crippen molar-refractivity contribution < 1.29 is 9.53 Å². The summed E-state index contributed by atoms with van der Waals surface area (Å²) in [6.45, 7) is 2.68. The maximum Gasteiger partial charge on any atom is 0.258 e. The second kappa shape index (κ2) is 6.91. The Labute approximate surface area is 122 Å². The number of pyridine rings is 1. The highest BCUT2D eigenvalue weighted by atomic mass is 35.5. The molecule has 2 aromatic rings. The zero-order valence-electron chi connectivity index (χ0n) is 11.1. The van der Waals surface area contributed by atoms with Crippen molar-refractivity contribution in [2.24, 2.45) is 0 Å². The van der Waals surface area contributed by atoms with Gasteiger partial charge in [-0.3, -0.25) is 9.78 Å². The van der Waals surface area contributed by atoms with E-state index in [1.165, 1.54) is 6.20 Å². The van der Waals surface area contributed by atoms with Gasteiger partial charge in [0, 0.05) is 24.1 Å². The summed E-state index contributed by atoms with van der Waals surface area (Å²) in [6.07, 6.45) is 3.91. The zero-order valence-corrected chi connectivity index (χ0v) is 11.9. The number of halogens is 1. The van der Waals surface area contributed by atoms with Crippen LogP contribution in [-0.4, -0.2) is 17.5 Å². The van der Waals surface area contributed by atoms with E-state index in [0.717, 1.165) is 12.2 Å². The van der Waals surface area contributed by atoms with Crippen LogP contribution in [0.3, 0.4) is 0 Å². The summed E-state index contributed by atoms with van der Waals surface area (Å²) in [4.78, 5) is 16.0. The van der Waals surface area contributed by atoms with Crippen molar-refractivity contribution in [1.29, 1.82) is 0 Å². The molecule has 0 unspecified atom stereocenters. The van der Waals surface area contributed by atoms with Gasteiger partial charge in [-0.25, -0.2) is 0 Å². The topological polar surface area (TPSA) is 51.2 Å². The molecule has 1 amide bonds. The number of ether oxygens (including phenoxy) is 1. The molecule has 1 N–H and O–H groups in total. The fraction of sp³-hybridized carbons (Fsp3) is 0.200. The molecule has 104 valence electrons. The number of nitrogens with one attached hydrogen (secondary N) is 1. The van der Waals surface area contributed by atoms with E-state index >= 15 is 0 Å². The second-order valence-corrected chi connectivity index (χ2v) is 4.59. The van der Waals surface area contributed by atoms with Gasteiger partial charge in [-0.2, -0.15) is 0 Å². The first-order valence-electron chi connectivity index (χ1n) is 6.34. The summed E-state index contributed by atoms with van der Waals surface area (Å²) in [5.41, 5.74) is 0.998. The van der Waals surface area contributed by atoms with Gasteiger partial charge in [-0.05, 0) is 24.6 Å². The highest BCUT2D eigenvalue weighted by Gasteiger charge is 2.10. The van der Waals surface area contributed by atoms with Crippen LogP contribution < -0.4 is 10.1 Å². The molecule has 1 aromatic heterocycles. The molecule has 0 fully saturated rings. The minimum atomic E-state index is -0.296. The van der Waals surface area contributed by atoms with E-state index in [2.05, 4.69) is 10.3 Å². The van der Waals surface area contributed by atoms with Crippen molar-refractivity contribution in [3.63, 3.8) is 0 Å². The lowest BCUT2D eigenvalue weighted by Gasteiger charge is -2.09. The Morgan fingerprint density at radius 3 is 3.00 bits per heavy atom. The Balaban J connectivity index is 2.10. The molecule has 1 heterocycles. The van der Waals surface area contributed by atoms with E-state index in [0.29, 0.717) is 22.9 Å². The van der Waals surface area contributed by atoms with Gasteiger partial charge in [0.15, 0.2) is 0 Å². The van der Waals surface area contributed by atoms with Crippen molar-refractivity contribution in [3.8, 4) is 5.75 Å². The highest BCUT2D eigenvalue weighted by molar-refractivity contribution is 6.34. The first-order valence-corrected chi connectivity index (χ1v) is 6.72. The highest BCUT2D eigenvalue weighted by Crippen LogP contribution is 2.20. The number of rotatable bonds is 5. The van der Waals surface area contributed by atoms with E-state index in [9.17, 15) is 4.79 Å². The SMILES string of the molecule is CCCOc1cccc(NC(=O)c2cnccc2Cl)c1. The van der Waals surface area contributed by atoms with E-state index < -0.39 is 0 Å². The van der Waals surface area contributed by atoms with Crippen molar-refractivity contribution in [2.75, 3.05) is 11.9 Å². The van der Waals surface area contributed by atoms with Gasteiger partial charge in [-0.15, -0.1) is 0 Å². The molecular weight excluding hydrogens is 276 g/mol. The van der Waals surface area contributed by atoms with Crippen molar-refractivity contribution in [1.82, 2.24) is 4.98 Å². The second-order valence-electron chi connectivity index (χ2n) is 4.19. The number of anilines is 1. The fourth-order valence-corrected chi connectivity index (χ4v) is 1.82. The summed E-state index contributed by atoms with van der Waals surface area (Å²) >= 11 is 5.96. The maximum absolute atomic E-state index is 12.1. The number of nitrogens with zero attached hydrogens (tertiary/aromatic N) is 1. The number of carbonyl (C=O) groups is 1. The van der Waals surface area contributed by atoms with Gasteiger partial charge < -0.3 is 10.1 Å². The van der Waals surface area contributed by atoms with Crippen LogP contribution in [0.2, 0.25) is 5.02 Å². The molecule has 0 saturated carbocycles. The van der Waals surface area contributed by atoms with Gasteiger partial charge in [0.25, 0.3) is 5.91 Å². The molecular formula is C15H15ClN2O2. The lowest BCUT2D eigenvalue weighted by Crippen LogP contribution is -2.12. The predicted octanol–water partition coefficient (Wildman–Crippen LogP) is 3.78. The summed E-state index contributed by atoms with van der Waals surface area (Å²) in [6, 6.07) is 8.82. The number of benzene rings is 1. The third-order valence-corrected chi connectivity index (χ3v) is 2.91. The van der Waals surface area contributed by atoms with Gasteiger partial charge in [0.2, 0.25) is 0 Å². The van der Waals surface area contributed by atoms with Gasteiger partial charge in [0.05, 0.1) is 17.2 Å². The third kappa shape index (κ3) is 3.71. The van der Waals surface area contributed by atoms with E-state index in [4.69, 9.17) is 16.3 Å². The normalized spacial score (nSPS) is 10.1. The van der Waals surface area contributed by atoms with Gasteiger partial charge >= 0.3 is 0 Å². The van der Waals surface area contributed by atoms with E-state index in [1.807, 2.05) is 19.1 Å². The number of amides is 1. The molecule has 0 aliphatic rings. The molecule has 0 saturated heterocycles. The van der Waals surface area contributed by atoms with Crippen molar-refractivity contribution in [2.45, 2.75) is 13.3 Å². The first kappa shape index (κ1) is 14.3. The first-order chi connectivity index (χ1) is 9.70. The zero-order chi connectivity index (χ0) is 14.4. The van der Waals surface area contributed by atoms with E-state index in [-0.39, 0.29) is 5.91 Å². The molecule has 0 atom stereocenters. The Morgan fingerprint density at radius 2 is 2.25 bits per heavy atom. The van der Waals surface area contributed by atoms with Crippen LogP contribution in [0.4, 0.5) is 5.69 Å². The lowest BCUT2D eigenvalue weighted by molar-refractivity contribution is 0.102. The summed E-state index contributed by atoms with van der Waals surface area (Å²) in [7, 11) is 0.